The van der Waals surface area contributed by atoms with Crippen molar-refractivity contribution in [2.45, 2.75) is 63.7 Å². The molecule has 5 nitrogen and oxygen atoms in total. The predicted molar refractivity (Wildman–Crippen MR) is 94.0 cm³/mol. The number of rotatable bonds is 6. The lowest BCUT2D eigenvalue weighted by Crippen LogP contribution is -2.45. The maximum absolute atomic E-state index is 12.0. The minimum Gasteiger partial charge on any atom is -0.364 e. The maximum Gasteiger partial charge on any atom is 0.249 e. The highest BCUT2D eigenvalue weighted by molar-refractivity contribution is 5.85. The van der Waals surface area contributed by atoms with Crippen molar-refractivity contribution in [3.05, 3.63) is 0 Å². The minimum atomic E-state index is -0.285. The van der Waals surface area contributed by atoms with Gasteiger partial charge in [-0.2, -0.15) is 0 Å². The Labute approximate surface area is 146 Å². The van der Waals surface area contributed by atoms with E-state index in [2.05, 4.69) is 17.1 Å². The Kier molecular flexibility index (Phi) is 11.4. The molecule has 132 valence electrons. The fraction of sp³-hybridized carbons (Fsp3) is 0.933. The monoisotopic (exact) mass is 355 g/mol. The summed E-state index contributed by atoms with van der Waals surface area (Å²) in [6.45, 7) is 5.61. The van der Waals surface area contributed by atoms with Gasteiger partial charge in [0.15, 0.2) is 0 Å². The van der Waals surface area contributed by atoms with E-state index in [1.165, 1.54) is 32.2 Å². The summed E-state index contributed by atoms with van der Waals surface area (Å²) in [5, 5.41) is 3.01. The van der Waals surface area contributed by atoms with Crippen LogP contribution in [-0.2, 0) is 9.53 Å². The summed E-state index contributed by atoms with van der Waals surface area (Å²) in [5.74, 6) is 0.0333. The second kappa shape index (κ2) is 11.5. The molecule has 2 aliphatic rings. The van der Waals surface area contributed by atoms with Gasteiger partial charge in [-0.25, -0.2) is 0 Å². The van der Waals surface area contributed by atoms with E-state index in [0.717, 1.165) is 25.9 Å². The van der Waals surface area contributed by atoms with Gasteiger partial charge in [0, 0.05) is 25.7 Å². The summed E-state index contributed by atoms with van der Waals surface area (Å²) in [5.41, 5.74) is 5.56. The van der Waals surface area contributed by atoms with Crippen LogP contribution >= 0.6 is 24.8 Å². The normalized spacial score (nSPS) is 28.5. The van der Waals surface area contributed by atoms with Crippen LogP contribution in [0.25, 0.3) is 0 Å². The molecule has 1 amide bonds. The Morgan fingerprint density at radius 1 is 1.27 bits per heavy atom. The molecule has 7 heteroatoms. The largest absolute Gasteiger partial charge is 0.364 e. The minimum absolute atomic E-state index is 0. The molecule has 0 aromatic heterocycles. The fourth-order valence-electron chi connectivity index (χ4n) is 3.33. The van der Waals surface area contributed by atoms with Gasteiger partial charge in [-0.05, 0) is 38.6 Å². The smallest absolute Gasteiger partial charge is 0.249 e. The first kappa shape index (κ1) is 21.9. The number of hydrogen-bond donors (Lipinski definition) is 2. The third kappa shape index (κ3) is 6.20. The van der Waals surface area contributed by atoms with E-state index < -0.39 is 0 Å². The van der Waals surface area contributed by atoms with E-state index in [0.29, 0.717) is 12.6 Å². The maximum atomic E-state index is 12.0. The molecule has 0 spiro atoms. The number of amides is 1. The Hall–Kier alpha value is -0.0700. The van der Waals surface area contributed by atoms with Crippen LogP contribution in [0.3, 0.4) is 0 Å². The molecule has 1 unspecified atom stereocenters. The Bertz CT molecular complexity index is 321. The van der Waals surface area contributed by atoms with E-state index in [1.807, 2.05) is 0 Å². The molecule has 3 N–H and O–H groups in total. The van der Waals surface area contributed by atoms with Crippen LogP contribution in [0.2, 0.25) is 0 Å². The quantitative estimate of drug-likeness (QED) is 0.761. The molecule has 0 bridgehead atoms. The number of hydrogen-bond acceptors (Lipinski definition) is 4. The van der Waals surface area contributed by atoms with Crippen molar-refractivity contribution in [1.82, 2.24) is 10.2 Å². The van der Waals surface area contributed by atoms with Crippen LogP contribution in [0.5, 0.6) is 0 Å². The molecule has 0 radical (unpaired) electrons. The van der Waals surface area contributed by atoms with Crippen LogP contribution in [0.1, 0.15) is 45.4 Å². The van der Waals surface area contributed by atoms with E-state index >= 15 is 0 Å². The molecule has 2 fully saturated rings. The molecular formula is C15H31Cl2N3O2. The van der Waals surface area contributed by atoms with Gasteiger partial charge < -0.3 is 15.8 Å². The van der Waals surface area contributed by atoms with Gasteiger partial charge in [-0.15, -0.1) is 24.8 Å². The summed E-state index contributed by atoms with van der Waals surface area (Å²) in [6, 6.07) is 0.699. The highest BCUT2D eigenvalue weighted by Gasteiger charge is 2.29. The van der Waals surface area contributed by atoms with Gasteiger partial charge in [0.05, 0.1) is 6.10 Å². The molecule has 3 atom stereocenters. The SMILES string of the molecule is CCC1CCCCN1CCNC(=O)[C@@H]1CC[C@H](CN)O1.Cl.Cl. The van der Waals surface area contributed by atoms with Crippen LogP contribution in [0.15, 0.2) is 0 Å². The molecule has 2 saturated heterocycles. The Morgan fingerprint density at radius 3 is 2.68 bits per heavy atom. The summed E-state index contributed by atoms with van der Waals surface area (Å²) < 4.78 is 5.61. The van der Waals surface area contributed by atoms with Crippen molar-refractivity contribution < 1.29 is 9.53 Å². The molecule has 0 saturated carbocycles. The zero-order valence-corrected chi connectivity index (χ0v) is 15.1. The summed E-state index contributed by atoms with van der Waals surface area (Å²) >= 11 is 0. The lowest BCUT2D eigenvalue weighted by atomic mass is 10.0. The predicted octanol–water partition coefficient (Wildman–Crippen LogP) is 1.72. The number of ether oxygens (including phenoxy) is 1. The van der Waals surface area contributed by atoms with Crippen LogP contribution in [0, 0.1) is 0 Å². The molecule has 22 heavy (non-hydrogen) atoms. The van der Waals surface area contributed by atoms with Crippen molar-refractivity contribution >= 4 is 30.7 Å². The molecular weight excluding hydrogens is 325 g/mol. The number of carbonyl (C=O) groups is 1. The van der Waals surface area contributed by atoms with Crippen LogP contribution in [0.4, 0.5) is 0 Å². The highest BCUT2D eigenvalue weighted by Crippen LogP contribution is 2.20. The van der Waals surface area contributed by atoms with E-state index in [1.54, 1.807) is 0 Å². The van der Waals surface area contributed by atoms with Gasteiger partial charge in [0.2, 0.25) is 5.91 Å². The second-order valence-corrected chi connectivity index (χ2v) is 5.94. The number of carbonyl (C=O) groups excluding carboxylic acids is 1. The summed E-state index contributed by atoms with van der Waals surface area (Å²) in [6.07, 6.45) is 6.62. The standard InChI is InChI=1S/C15H29N3O2.2ClH/c1-2-12-5-3-4-9-18(12)10-8-17-15(19)14-7-6-13(11-16)20-14;;/h12-14H,2-11,16H2,1H3,(H,17,19);2*1H/t12?,13-,14+;;/m1../s1. The van der Waals surface area contributed by atoms with Crippen molar-refractivity contribution in [1.29, 1.82) is 0 Å². The molecule has 0 aromatic rings. The Balaban J connectivity index is 0.00000220. The third-order valence-corrected chi connectivity index (χ3v) is 4.58. The number of nitrogens with two attached hydrogens (primary N) is 1. The topological polar surface area (TPSA) is 67.6 Å². The highest BCUT2D eigenvalue weighted by atomic mass is 35.5. The number of nitrogens with zero attached hydrogens (tertiary/aromatic N) is 1. The fourth-order valence-corrected chi connectivity index (χ4v) is 3.33. The van der Waals surface area contributed by atoms with Crippen LogP contribution < -0.4 is 11.1 Å². The first-order chi connectivity index (χ1) is 9.74. The lowest BCUT2D eigenvalue weighted by Gasteiger charge is -2.35. The lowest BCUT2D eigenvalue weighted by molar-refractivity contribution is -0.131. The average molecular weight is 356 g/mol. The third-order valence-electron chi connectivity index (χ3n) is 4.58. The number of halogens is 2. The van der Waals surface area contributed by atoms with Crippen molar-refractivity contribution in [3.8, 4) is 0 Å². The van der Waals surface area contributed by atoms with Crippen molar-refractivity contribution in [3.63, 3.8) is 0 Å². The van der Waals surface area contributed by atoms with Gasteiger partial charge in [0.1, 0.15) is 6.10 Å². The van der Waals surface area contributed by atoms with E-state index in [4.69, 9.17) is 10.5 Å². The van der Waals surface area contributed by atoms with Gasteiger partial charge >= 0.3 is 0 Å². The summed E-state index contributed by atoms with van der Waals surface area (Å²) in [7, 11) is 0. The summed E-state index contributed by atoms with van der Waals surface area (Å²) in [4.78, 5) is 14.5. The van der Waals surface area contributed by atoms with Gasteiger partial charge in [-0.3, -0.25) is 9.69 Å². The first-order valence-corrected chi connectivity index (χ1v) is 8.12. The van der Waals surface area contributed by atoms with E-state index in [9.17, 15) is 4.79 Å². The first-order valence-electron chi connectivity index (χ1n) is 8.12. The number of nitrogens with one attached hydrogen (secondary N) is 1. The molecule has 2 aliphatic heterocycles. The zero-order chi connectivity index (χ0) is 14.4. The molecule has 2 rings (SSSR count). The molecule has 2 heterocycles. The number of piperidine rings is 1. The zero-order valence-electron chi connectivity index (χ0n) is 13.5. The molecule has 0 aromatic carbocycles. The van der Waals surface area contributed by atoms with Crippen molar-refractivity contribution in [2.75, 3.05) is 26.2 Å². The van der Waals surface area contributed by atoms with Gasteiger partial charge in [-0.1, -0.05) is 13.3 Å². The van der Waals surface area contributed by atoms with Crippen molar-refractivity contribution in [2.24, 2.45) is 5.73 Å². The Morgan fingerprint density at radius 2 is 2.05 bits per heavy atom. The average Bonchev–Trinajstić information content (AvgIpc) is 2.96. The van der Waals surface area contributed by atoms with Gasteiger partial charge in [0.25, 0.3) is 0 Å². The second-order valence-electron chi connectivity index (χ2n) is 5.94. The van der Waals surface area contributed by atoms with Crippen LogP contribution in [-0.4, -0.2) is 55.2 Å². The van der Waals surface area contributed by atoms with E-state index in [-0.39, 0.29) is 42.9 Å². The molecule has 0 aliphatic carbocycles. The number of likely N-dealkylation sites (tertiary alicyclic amines) is 1.